The zero-order chi connectivity index (χ0) is 16.9. The molecular weight excluding hydrogens is 310 g/mol. The largest absolute Gasteiger partial charge is 0.341 e. The lowest BCUT2D eigenvalue weighted by Crippen LogP contribution is -2.29. The van der Waals surface area contributed by atoms with Crippen molar-refractivity contribution in [3.63, 3.8) is 0 Å². The summed E-state index contributed by atoms with van der Waals surface area (Å²) in [6.07, 6.45) is 3.22. The van der Waals surface area contributed by atoms with Crippen LogP contribution in [-0.2, 0) is 0 Å². The minimum atomic E-state index is -0.496. The summed E-state index contributed by atoms with van der Waals surface area (Å²) < 4.78 is 26.5. The quantitative estimate of drug-likeness (QED) is 0.791. The number of aromatic nitrogens is 1. The second-order valence-corrected chi connectivity index (χ2v) is 5.25. The number of amides is 1. The van der Waals surface area contributed by atoms with Crippen LogP contribution in [0.3, 0.4) is 0 Å². The van der Waals surface area contributed by atoms with Gasteiger partial charge in [-0.2, -0.15) is 0 Å². The molecule has 0 aliphatic heterocycles. The number of halogens is 2. The molecule has 0 aliphatic carbocycles. The number of carbonyl (C=O) groups is 1. The monoisotopic (exact) mass is 324 g/mol. The van der Waals surface area contributed by atoms with Crippen molar-refractivity contribution in [3.05, 3.63) is 101 Å². The zero-order valence-electron chi connectivity index (χ0n) is 12.6. The van der Waals surface area contributed by atoms with Gasteiger partial charge in [0, 0.05) is 18.0 Å². The molecule has 0 spiro atoms. The van der Waals surface area contributed by atoms with Gasteiger partial charge in [0.2, 0.25) is 0 Å². The van der Waals surface area contributed by atoms with Crippen LogP contribution in [0.2, 0.25) is 0 Å². The highest BCUT2D eigenvalue weighted by molar-refractivity contribution is 5.94. The van der Waals surface area contributed by atoms with Gasteiger partial charge < -0.3 is 5.32 Å². The van der Waals surface area contributed by atoms with Gasteiger partial charge in [0.05, 0.1) is 6.04 Å². The van der Waals surface area contributed by atoms with Crippen molar-refractivity contribution in [1.29, 1.82) is 0 Å². The Hall–Kier alpha value is -3.08. The Morgan fingerprint density at radius 1 is 0.875 bits per heavy atom. The number of benzene rings is 2. The van der Waals surface area contributed by atoms with E-state index >= 15 is 0 Å². The number of rotatable bonds is 4. The third-order valence-corrected chi connectivity index (χ3v) is 3.61. The van der Waals surface area contributed by atoms with Gasteiger partial charge in [-0.05, 0) is 53.6 Å². The van der Waals surface area contributed by atoms with Crippen LogP contribution < -0.4 is 5.32 Å². The SMILES string of the molecule is O=C(NC(c1ccncc1)c1ccc(F)cc1)c1cccc(F)c1. The average molecular weight is 324 g/mol. The molecule has 3 rings (SSSR count). The molecule has 1 amide bonds. The summed E-state index contributed by atoms with van der Waals surface area (Å²) >= 11 is 0. The van der Waals surface area contributed by atoms with E-state index in [1.54, 1.807) is 36.7 Å². The molecule has 0 saturated heterocycles. The van der Waals surface area contributed by atoms with Crippen LogP contribution in [0.5, 0.6) is 0 Å². The smallest absolute Gasteiger partial charge is 0.252 e. The number of hydrogen-bond acceptors (Lipinski definition) is 2. The van der Waals surface area contributed by atoms with Crippen LogP contribution in [-0.4, -0.2) is 10.9 Å². The van der Waals surface area contributed by atoms with Crippen LogP contribution in [0.15, 0.2) is 73.1 Å². The molecule has 3 aromatic rings. The number of nitrogens with zero attached hydrogens (tertiary/aromatic N) is 1. The maximum absolute atomic E-state index is 13.3. The molecule has 120 valence electrons. The summed E-state index contributed by atoms with van der Waals surface area (Å²) in [6, 6.07) is 14.4. The zero-order valence-corrected chi connectivity index (χ0v) is 12.6. The Bertz CT molecular complexity index is 836. The van der Waals surface area contributed by atoms with E-state index in [2.05, 4.69) is 10.3 Å². The summed E-state index contributed by atoms with van der Waals surface area (Å²) in [5.74, 6) is -1.26. The Morgan fingerprint density at radius 2 is 1.54 bits per heavy atom. The highest BCUT2D eigenvalue weighted by Crippen LogP contribution is 2.22. The van der Waals surface area contributed by atoms with E-state index in [1.165, 1.54) is 36.4 Å². The molecule has 0 fully saturated rings. The molecular formula is C19H14F2N2O. The van der Waals surface area contributed by atoms with Crippen LogP contribution in [0, 0.1) is 11.6 Å². The Morgan fingerprint density at radius 3 is 2.21 bits per heavy atom. The van der Waals surface area contributed by atoms with Gasteiger partial charge in [-0.3, -0.25) is 9.78 Å². The lowest BCUT2D eigenvalue weighted by atomic mass is 9.99. The Balaban J connectivity index is 1.93. The molecule has 0 bridgehead atoms. The second kappa shape index (κ2) is 7.00. The van der Waals surface area contributed by atoms with Crippen molar-refractivity contribution < 1.29 is 13.6 Å². The van der Waals surface area contributed by atoms with E-state index in [4.69, 9.17) is 0 Å². The van der Waals surface area contributed by atoms with Crippen LogP contribution in [0.4, 0.5) is 8.78 Å². The third-order valence-electron chi connectivity index (χ3n) is 3.61. The van der Waals surface area contributed by atoms with Gasteiger partial charge in [-0.1, -0.05) is 18.2 Å². The van der Waals surface area contributed by atoms with Crippen molar-refractivity contribution in [1.82, 2.24) is 10.3 Å². The summed E-state index contributed by atoms with van der Waals surface area (Å²) in [7, 11) is 0. The molecule has 1 aromatic heterocycles. The first-order valence-corrected chi connectivity index (χ1v) is 7.35. The fourth-order valence-corrected chi connectivity index (χ4v) is 2.41. The van der Waals surface area contributed by atoms with Gasteiger partial charge in [-0.15, -0.1) is 0 Å². The number of pyridine rings is 1. The van der Waals surface area contributed by atoms with E-state index in [1.807, 2.05) is 0 Å². The van der Waals surface area contributed by atoms with Crippen molar-refractivity contribution >= 4 is 5.91 Å². The molecule has 1 N–H and O–H groups in total. The predicted octanol–water partition coefficient (Wildman–Crippen LogP) is 3.88. The highest BCUT2D eigenvalue weighted by atomic mass is 19.1. The Kier molecular flexibility index (Phi) is 4.61. The third kappa shape index (κ3) is 3.63. The maximum Gasteiger partial charge on any atom is 0.252 e. The number of carbonyl (C=O) groups excluding carboxylic acids is 1. The Labute approximate surface area is 138 Å². The molecule has 1 unspecified atom stereocenters. The first-order valence-electron chi connectivity index (χ1n) is 7.35. The molecule has 3 nitrogen and oxygen atoms in total. The van der Waals surface area contributed by atoms with Crippen LogP contribution in [0.25, 0.3) is 0 Å². The average Bonchev–Trinajstić information content (AvgIpc) is 2.61. The van der Waals surface area contributed by atoms with Crippen molar-refractivity contribution in [3.8, 4) is 0 Å². The first kappa shape index (κ1) is 15.8. The predicted molar refractivity (Wildman–Crippen MR) is 86.3 cm³/mol. The van der Waals surface area contributed by atoms with Crippen molar-refractivity contribution in [2.24, 2.45) is 0 Å². The van der Waals surface area contributed by atoms with E-state index in [0.717, 1.165) is 5.56 Å². The summed E-state index contributed by atoms with van der Waals surface area (Å²) in [5, 5.41) is 2.86. The van der Waals surface area contributed by atoms with Crippen LogP contribution >= 0.6 is 0 Å². The first-order chi connectivity index (χ1) is 11.6. The molecule has 0 aliphatic rings. The second-order valence-electron chi connectivity index (χ2n) is 5.25. The minimum Gasteiger partial charge on any atom is -0.341 e. The summed E-state index contributed by atoms with van der Waals surface area (Å²) in [6.45, 7) is 0. The van der Waals surface area contributed by atoms with Gasteiger partial charge >= 0.3 is 0 Å². The number of nitrogens with one attached hydrogen (secondary N) is 1. The molecule has 1 atom stereocenters. The lowest BCUT2D eigenvalue weighted by molar-refractivity contribution is 0.0942. The standard InChI is InChI=1S/C19H14F2N2O/c20-16-6-4-13(5-7-16)18(14-8-10-22-11-9-14)23-19(24)15-2-1-3-17(21)12-15/h1-12,18H,(H,23,24). The molecule has 24 heavy (non-hydrogen) atoms. The van der Waals surface area contributed by atoms with Crippen LogP contribution in [0.1, 0.15) is 27.5 Å². The maximum atomic E-state index is 13.3. The highest BCUT2D eigenvalue weighted by Gasteiger charge is 2.18. The van der Waals surface area contributed by atoms with Gasteiger partial charge in [-0.25, -0.2) is 8.78 Å². The van der Waals surface area contributed by atoms with Gasteiger partial charge in [0.15, 0.2) is 0 Å². The van der Waals surface area contributed by atoms with E-state index in [9.17, 15) is 13.6 Å². The topological polar surface area (TPSA) is 42.0 Å². The van der Waals surface area contributed by atoms with Gasteiger partial charge in [0.25, 0.3) is 5.91 Å². The minimum absolute atomic E-state index is 0.219. The molecule has 5 heteroatoms. The molecule has 0 saturated carbocycles. The van der Waals surface area contributed by atoms with E-state index in [-0.39, 0.29) is 11.4 Å². The normalized spacial score (nSPS) is 11.8. The molecule has 0 radical (unpaired) electrons. The summed E-state index contributed by atoms with van der Waals surface area (Å²) in [4.78, 5) is 16.4. The van der Waals surface area contributed by atoms with Crippen molar-refractivity contribution in [2.75, 3.05) is 0 Å². The number of hydrogen-bond donors (Lipinski definition) is 1. The lowest BCUT2D eigenvalue weighted by Gasteiger charge is -2.20. The van der Waals surface area contributed by atoms with Gasteiger partial charge in [0.1, 0.15) is 11.6 Å². The van der Waals surface area contributed by atoms with Crippen molar-refractivity contribution in [2.45, 2.75) is 6.04 Å². The fraction of sp³-hybridized carbons (Fsp3) is 0.0526. The molecule has 2 aromatic carbocycles. The van der Waals surface area contributed by atoms with E-state index < -0.39 is 17.8 Å². The molecule has 1 heterocycles. The van der Waals surface area contributed by atoms with E-state index in [0.29, 0.717) is 5.56 Å². The summed E-state index contributed by atoms with van der Waals surface area (Å²) in [5.41, 5.74) is 1.73. The fourth-order valence-electron chi connectivity index (χ4n) is 2.41.